The average molecular weight is 292 g/mol. The van der Waals surface area contributed by atoms with Crippen LogP contribution in [-0.4, -0.2) is 21.4 Å². The van der Waals surface area contributed by atoms with Gasteiger partial charge in [-0.1, -0.05) is 12.1 Å². The molecular formula is C17H13FN4. The molecule has 0 saturated heterocycles. The first-order valence-corrected chi connectivity index (χ1v) is 6.98. The molecule has 4 aromatic rings. The van der Waals surface area contributed by atoms with Crippen LogP contribution in [0.5, 0.6) is 0 Å². The number of benzene rings is 2. The third-order valence-corrected chi connectivity index (χ3v) is 3.67. The van der Waals surface area contributed by atoms with E-state index in [1.54, 1.807) is 12.1 Å². The lowest BCUT2D eigenvalue weighted by Crippen LogP contribution is -1.98. The SMILES string of the molecule is CNc1nc2ccccc2n2cc(-c3ccc(F)cc3)nc12. The van der Waals surface area contributed by atoms with Crippen molar-refractivity contribution in [1.29, 1.82) is 0 Å². The number of fused-ring (bicyclic) bond motifs is 3. The van der Waals surface area contributed by atoms with Crippen molar-refractivity contribution >= 4 is 22.5 Å². The maximum absolute atomic E-state index is 13.1. The Morgan fingerprint density at radius 3 is 2.55 bits per heavy atom. The molecule has 2 aromatic heterocycles. The van der Waals surface area contributed by atoms with Gasteiger partial charge in [-0.3, -0.25) is 4.40 Å². The maximum atomic E-state index is 13.1. The Balaban J connectivity index is 2.03. The second kappa shape index (κ2) is 4.80. The summed E-state index contributed by atoms with van der Waals surface area (Å²) in [6, 6.07) is 14.2. The fourth-order valence-corrected chi connectivity index (χ4v) is 2.59. The molecule has 108 valence electrons. The van der Waals surface area contributed by atoms with Gasteiger partial charge in [0.25, 0.3) is 0 Å². The smallest absolute Gasteiger partial charge is 0.181 e. The lowest BCUT2D eigenvalue weighted by molar-refractivity contribution is 0.628. The van der Waals surface area contributed by atoms with E-state index in [0.717, 1.165) is 27.9 Å². The Labute approximate surface area is 126 Å². The second-order valence-electron chi connectivity index (χ2n) is 5.03. The number of nitrogens with zero attached hydrogens (tertiary/aromatic N) is 3. The van der Waals surface area contributed by atoms with Crippen LogP contribution in [0.4, 0.5) is 10.2 Å². The van der Waals surface area contributed by atoms with E-state index < -0.39 is 0 Å². The summed E-state index contributed by atoms with van der Waals surface area (Å²) in [5.74, 6) is 0.461. The van der Waals surface area contributed by atoms with Crippen molar-refractivity contribution in [2.75, 3.05) is 12.4 Å². The molecule has 0 bridgehead atoms. The fourth-order valence-electron chi connectivity index (χ4n) is 2.59. The lowest BCUT2D eigenvalue weighted by atomic mass is 10.2. The minimum absolute atomic E-state index is 0.254. The standard InChI is InChI=1S/C17H13FN4/c1-19-16-17-21-14(11-6-8-12(18)9-7-11)10-22(17)15-5-3-2-4-13(15)20-16/h2-10H,1H3,(H,19,20). The molecule has 4 rings (SSSR count). The molecule has 2 heterocycles. The van der Waals surface area contributed by atoms with Gasteiger partial charge >= 0.3 is 0 Å². The minimum Gasteiger partial charge on any atom is -0.370 e. The topological polar surface area (TPSA) is 42.2 Å². The number of rotatable bonds is 2. The molecule has 0 aliphatic carbocycles. The van der Waals surface area contributed by atoms with Crippen molar-refractivity contribution < 1.29 is 4.39 Å². The first kappa shape index (κ1) is 12.8. The first-order valence-electron chi connectivity index (χ1n) is 6.98. The third kappa shape index (κ3) is 1.90. The summed E-state index contributed by atoms with van der Waals surface area (Å²) in [7, 11) is 1.82. The van der Waals surface area contributed by atoms with Gasteiger partial charge in [-0.15, -0.1) is 0 Å². The Morgan fingerprint density at radius 2 is 1.77 bits per heavy atom. The molecule has 0 spiro atoms. The van der Waals surface area contributed by atoms with Crippen LogP contribution in [0.25, 0.3) is 27.9 Å². The summed E-state index contributed by atoms with van der Waals surface area (Å²) in [4.78, 5) is 9.24. The van der Waals surface area contributed by atoms with Crippen LogP contribution in [-0.2, 0) is 0 Å². The lowest BCUT2D eigenvalue weighted by Gasteiger charge is -2.05. The third-order valence-electron chi connectivity index (χ3n) is 3.67. The van der Waals surface area contributed by atoms with E-state index in [2.05, 4.69) is 15.3 Å². The van der Waals surface area contributed by atoms with Crippen LogP contribution >= 0.6 is 0 Å². The van der Waals surface area contributed by atoms with Crippen LogP contribution in [0.2, 0.25) is 0 Å². The zero-order valence-corrected chi connectivity index (χ0v) is 11.9. The van der Waals surface area contributed by atoms with E-state index in [-0.39, 0.29) is 5.82 Å². The molecule has 4 nitrogen and oxygen atoms in total. The van der Waals surface area contributed by atoms with E-state index in [1.165, 1.54) is 12.1 Å². The summed E-state index contributed by atoms with van der Waals surface area (Å²) in [5.41, 5.74) is 4.28. The number of imidazole rings is 1. The largest absolute Gasteiger partial charge is 0.370 e. The predicted octanol–water partition coefficient (Wildman–Crippen LogP) is 3.73. The van der Waals surface area contributed by atoms with Gasteiger partial charge in [0.05, 0.1) is 16.7 Å². The molecule has 0 amide bonds. The molecule has 0 unspecified atom stereocenters. The first-order chi connectivity index (χ1) is 10.8. The van der Waals surface area contributed by atoms with E-state index in [9.17, 15) is 4.39 Å². The molecule has 1 N–H and O–H groups in total. The van der Waals surface area contributed by atoms with Crippen LogP contribution in [0, 0.1) is 5.82 Å². The van der Waals surface area contributed by atoms with E-state index in [0.29, 0.717) is 5.82 Å². The zero-order chi connectivity index (χ0) is 15.1. The molecule has 0 aliphatic heterocycles. The van der Waals surface area contributed by atoms with E-state index >= 15 is 0 Å². The number of hydrogen-bond donors (Lipinski definition) is 1. The van der Waals surface area contributed by atoms with Gasteiger partial charge in [-0.2, -0.15) is 0 Å². The number of hydrogen-bond acceptors (Lipinski definition) is 3. The zero-order valence-electron chi connectivity index (χ0n) is 11.9. The highest BCUT2D eigenvalue weighted by atomic mass is 19.1. The highest BCUT2D eigenvalue weighted by Crippen LogP contribution is 2.26. The van der Waals surface area contributed by atoms with Crippen molar-refractivity contribution in [1.82, 2.24) is 14.4 Å². The van der Waals surface area contributed by atoms with Gasteiger partial charge in [-0.05, 0) is 36.4 Å². The fraction of sp³-hybridized carbons (Fsp3) is 0.0588. The summed E-state index contributed by atoms with van der Waals surface area (Å²) in [6.45, 7) is 0. The number of halogens is 1. The Bertz CT molecular complexity index is 973. The van der Waals surface area contributed by atoms with E-state index in [4.69, 9.17) is 0 Å². The molecule has 0 aliphatic rings. The van der Waals surface area contributed by atoms with Crippen molar-refractivity contribution in [3.05, 3.63) is 60.5 Å². The summed E-state index contributed by atoms with van der Waals surface area (Å²) < 4.78 is 15.1. The quantitative estimate of drug-likeness (QED) is 0.612. The van der Waals surface area contributed by atoms with Gasteiger partial charge in [0, 0.05) is 18.8 Å². The molecule has 0 radical (unpaired) electrons. The van der Waals surface area contributed by atoms with Gasteiger partial charge in [0.1, 0.15) is 5.82 Å². The number of para-hydroxylation sites is 2. The highest BCUT2D eigenvalue weighted by molar-refractivity contribution is 5.84. The number of anilines is 1. The Kier molecular flexibility index (Phi) is 2.79. The molecule has 5 heteroatoms. The van der Waals surface area contributed by atoms with E-state index in [1.807, 2.05) is 41.9 Å². The van der Waals surface area contributed by atoms with Gasteiger partial charge < -0.3 is 5.32 Å². The van der Waals surface area contributed by atoms with Crippen LogP contribution in [0.1, 0.15) is 0 Å². The number of nitrogens with one attached hydrogen (secondary N) is 1. The van der Waals surface area contributed by atoms with Crippen LogP contribution < -0.4 is 5.32 Å². The van der Waals surface area contributed by atoms with Crippen molar-refractivity contribution in [2.45, 2.75) is 0 Å². The number of aromatic nitrogens is 3. The molecule has 0 saturated carbocycles. The summed E-state index contributed by atoms with van der Waals surface area (Å²) in [6.07, 6.45) is 1.95. The summed E-state index contributed by atoms with van der Waals surface area (Å²) in [5, 5.41) is 3.08. The molecular weight excluding hydrogens is 279 g/mol. The van der Waals surface area contributed by atoms with Gasteiger partial charge in [-0.25, -0.2) is 14.4 Å². The monoisotopic (exact) mass is 292 g/mol. The van der Waals surface area contributed by atoms with Crippen molar-refractivity contribution in [3.63, 3.8) is 0 Å². The normalized spacial score (nSPS) is 11.2. The molecule has 2 aromatic carbocycles. The highest BCUT2D eigenvalue weighted by Gasteiger charge is 2.12. The van der Waals surface area contributed by atoms with Crippen molar-refractivity contribution in [3.8, 4) is 11.3 Å². The molecule has 0 fully saturated rings. The van der Waals surface area contributed by atoms with Gasteiger partial charge in [0.2, 0.25) is 0 Å². The van der Waals surface area contributed by atoms with Gasteiger partial charge in [0.15, 0.2) is 11.5 Å². The van der Waals surface area contributed by atoms with Crippen LogP contribution in [0.3, 0.4) is 0 Å². The Hall–Kier alpha value is -2.95. The summed E-state index contributed by atoms with van der Waals surface area (Å²) >= 11 is 0. The predicted molar refractivity (Wildman–Crippen MR) is 85.4 cm³/mol. The second-order valence-corrected chi connectivity index (χ2v) is 5.03. The molecule has 0 atom stereocenters. The average Bonchev–Trinajstić information content (AvgIpc) is 3.00. The minimum atomic E-state index is -0.254. The molecule has 22 heavy (non-hydrogen) atoms. The van der Waals surface area contributed by atoms with Crippen molar-refractivity contribution in [2.24, 2.45) is 0 Å². The Morgan fingerprint density at radius 1 is 1.00 bits per heavy atom. The van der Waals surface area contributed by atoms with Crippen LogP contribution in [0.15, 0.2) is 54.7 Å². The maximum Gasteiger partial charge on any atom is 0.181 e.